The van der Waals surface area contributed by atoms with Gasteiger partial charge in [-0.3, -0.25) is 4.79 Å². The van der Waals surface area contributed by atoms with Crippen molar-refractivity contribution < 1.29 is 9.47 Å². The van der Waals surface area contributed by atoms with Gasteiger partial charge in [0.05, 0.1) is 19.7 Å². The molecule has 3 aromatic carbocycles. The summed E-state index contributed by atoms with van der Waals surface area (Å²) in [6, 6.07) is 23.8. The molecule has 4 rings (SSSR count). The molecule has 0 unspecified atom stereocenters. The molecule has 1 heterocycles. The van der Waals surface area contributed by atoms with E-state index in [2.05, 4.69) is 28.5 Å². The number of pyridine rings is 1. The van der Waals surface area contributed by atoms with E-state index in [1.165, 1.54) is 0 Å². The van der Waals surface area contributed by atoms with Gasteiger partial charge in [0.1, 0.15) is 0 Å². The number of hydrogen-bond acceptors (Lipinski definition) is 4. The molecule has 146 valence electrons. The van der Waals surface area contributed by atoms with Crippen molar-refractivity contribution in [2.24, 2.45) is 0 Å². The zero-order valence-electron chi connectivity index (χ0n) is 16.4. The summed E-state index contributed by atoms with van der Waals surface area (Å²) in [5.41, 5.74) is 4.42. The van der Waals surface area contributed by atoms with Gasteiger partial charge in [0, 0.05) is 34.8 Å². The SMILES string of the molecule is COc1cc2cc(CNc3ccccc3-c3ccccc3)c(=O)[nH]c2cc1OC. The van der Waals surface area contributed by atoms with Crippen molar-refractivity contribution in [2.75, 3.05) is 19.5 Å². The van der Waals surface area contributed by atoms with Crippen LogP contribution in [0.2, 0.25) is 0 Å². The first-order chi connectivity index (χ1) is 14.2. The Kier molecular flexibility index (Phi) is 5.20. The van der Waals surface area contributed by atoms with Gasteiger partial charge in [-0.1, -0.05) is 48.5 Å². The van der Waals surface area contributed by atoms with Crippen molar-refractivity contribution in [3.05, 3.63) is 88.7 Å². The van der Waals surface area contributed by atoms with E-state index >= 15 is 0 Å². The quantitative estimate of drug-likeness (QED) is 0.498. The van der Waals surface area contributed by atoms with E-state index in [1.54, 1.807) is 20.3 Å². The number of H-pyrrole nitrogens is 1. The molecule has 0 aliphatic rings. The van der Waals surface area contributed by atoms with Gasteiger partial charge in [-0.05, 0) is 23.8 Å². The molecule has 0 fully saturated rings. The van der Waals surface area contributed by atoms with Crippen LogP contribution in [0.5, 0.6) is 11.5 Å². The maximum absolute atomic E-state index is 12.6. The van der Waals surface area contributed by atoms with Gasteiger partial charge >= 0.3 is 0 Å². The fourth-order valence-corrected chi connectivity index (χ4v) is 3.41. The van der Waals surface area contributed by atoms with Crippen LogP contribution in [0.4, 0.5) is 5.69 Å². The van der Waals surface area contributed by atoms with E-state index < -0.39 is 0 Å². The molecule has 0 atom stereocenters. The zero-order valence-corrected chi connectivity index (χ0v) is 16.4. The average molecular weight is 386 g/mol. The van der Waals surface area contributed by atoms with Crippen molar-refractivity contribution in [2.45, 2.75) is 6.54 Å². The van der Waals surface area contributed by atoms with Crippen molar-refractivity contribution in [3.63, 3.8) is 0 Å². The number of methoxy groups -OCH3 is 2. The Morgan fingerprint density at radius 2 is 1.55 bits per heavy atom. The van der Waals surface area contributed by atoms with E-state index in [0.717, 1.165) is 22.2 Å². The zero-order chi connectivity index (χ0) is 20.2. The lowest BCUT2D eigenvalue weighted by atomic mass is 10.0. The third-order valence-electron chi connectivity index (χ3n) is 4.91. The summed E-state index contributed by atoms with van der Waals surface area (Å²) < 4.78 is 10.7. The average Bonchev–Trinajstić information content (AvgIpc) is 2.77. The number of nitrogens with one attached hydrogen (secondary N) is 2. The Bertz CT molecular complexity index is 1200. The van der Waals surface area contributed by atoms with Crippen LogP contribution in [0, 0.1) is 0 Å². The molecule has 5 heteroatoms. The summed E-state index contributed by atoms with van der Waals surface area (Å²) in [4.78, 5) is 15.5. The van der Waals surface area contributed by atoms with Crippen molar-refractivity contribution in [1.82, 2.24) is 4.98 Å². The minimum atomic E-state index is -0.130. The van der Waals surface area contributed by atoms with Crippen LogP contribution in [0.3, 0.4) is 0 Å². The van der Waals surface area contributed by atoms with Crippen LogP contribution in [0.1, 0.15) is 5.56 Å². The summed E-state index contributed by atoms with van der Waals surface area (Å²) >= 11 is 0. The Morgan fingerprint density at radius 3 is 2.31 bits per heavy atom. The van der Waals surface area contributed by atoms with Crippen molar-refractivity contribution in [3.8, 4) is 22.6 Å². The van der Waals surface area contributed by atoms with E-state index in [1.807, 2.05) is 48.5 Å². The second kappa shape index (κ2) is 8.10. The van der Waals surface area contributed by atoms with Gasteiger partial charge in [-0.2, -0.15) is 0 Å². The first-order valence-electron chi connectivity index (χ1n) is 9.36. The highest BCUT2D eigenvalue weighted by atomic mass is 16.5. The number of benzene rings is 3. The molecular formula is C24H22N2O3. The predicted molar refractivity (Wildman–Crippen MR) is 117 cm³/mol. The third-order valence-corrected chi connectivity index (χ3v) is 4.91. The van der Waals surface area contributed by atoms with Gasteiger partial charge < -0.3 is 19.8 Å². The lowest BCUT2D eigenvalue weighted by Gasteiger charge is -2.13. The number of fused-ring (bicyclic) bond motifs is 1. The van der Waals surface area contributed by atoms with Gasteiger partial charge in [0.15, 0.2) is 11.5 Å². The van der Waals surface area contributed by atoms with Crippen molar-refractivity contribution >= 4 is 16.6 Å². The van der Waals surface area contributed by atoms with E-state index in [0.29, 0.717) is 29.1 Å². The topological polar surface area (TPSA) is 63.3 Å². The Hall–Kier alpha value is -3.73. The molecule has 4 aromatic rings. The van der Waals surface area contributed by atoms with Crippen LogP contribution in [0.25, 0.3) is 22.0 Å². The molecule has 0 saturated heterocycles. The summed E-state index contributed by atoms with van der Waals surface area (Å²) in [5.74, 6) is 1.21. The van der Waals surface area contributed by atoms with Gasteiger partial charge in [0.25, 0.3) is 5.56 Å². The van der Waals surface area contributed by atoms with E-state index in [4.69, 9.17) is 9.47 Å². The third kappa shape index (κ3) is 3.80. The highest BCUT2D eigenvalue weighted by Gasteiger charge is 2.10. The fourth-order valence-electron chi connectivity index (χ4n) is 3.41. The molecule has 0 aliphatic heterocycles. The van der Waals surface area contributed by atoms with E-state index in [9.17, 15) is 4.79 Å². The molecule has 0 aliphatic carbocycles. The molecule has 0 amide bonds. The number of hydrogen-bond donors (Lipinski definition) is 2. The second-order valence-electron chi connectivity index (χ2n) is 6.68. The number of aromatic nitrogens is 1. The summed E-state index contributed by atoms with van der Waals surface area (Å²) in [5, 5.41) is 4.29. The predicted octanol–water partition coefficient (Wildman–Crippen LogP) is 4.82. The minimum Gasteiger partial charge on any atom is -0.493 e. The lowest BCUT2D eigenvalue weighted by Crippen LogP contribution is -2.16. The summed E-state index contributed by atoms with van der Waals surface area (Å²) in [6.45, 7) is 0.406. The van der Waals surface area contributed by atoms with Crippen LogP contribution in [-0.4, -0.2) is 19.2 Å². The molecular weight excluding hydrogens is 364 g/mol. The highest BCUT2D eigenvalue weighted by molar-refractivity contribution is 5.83. The molecule has 0 bridgehead atoms. The number of rotatable bonds is 6. The van der Waals surface area contributed by atoms with Gasteiger partial charge in [-0.15, -0.1) is 0 Å². The fraction of sp³-hybridized carbons (Fsp3) is 0.125. The highest BCUT2D eigenvalue weighted by Crippen LogP contribution is 2.31. The standard InChI is InChI=1S/C24H22N2O3/c1-28-22-13-17-12-18(24(27)26-21(17)14-23(22)29-2)15-25-20-11-7-6-10-19(20)16-8-4-3-5-9-16/h3-14,25H,15H2,1-2H3,(H,26,27). The van der Waals surface area contributed by atoms with E-state index in [-0.39, 0.29) is 5.56 Å². The maximum atomic E-state index is 12.6. The summed E-state index contributed by atoms with van der Waals surface area (Å²) in [7, 11) is 3.17. The summed E-state index contributed by atoms with van der Waals surface area (Å²) in [6.07, 6.45) is 0. The molecule has 2 N–H and O–H groups in total. The number of para-hydroxylation sites is 1. The Balaban J connectivity index is 1.66. The lowest BCUT2D eigenvalue weighted by molar-refractivity contribution is 0.356. The molecule has 5 nitrogen and oxygen atoms in total. The molecule has 0 spiro atoms. The van der Waals surface area contributed by atoms with Crippen LogP contribution in [0.15, 0.2) is 77.6 Å². The second-order valence-corrected chi connectivity index (χ2v) is 6.68. The molecule has 0 radical (unpaired) electrons. The molecule has 29 heavy (non-hydrogen) atoms. The molecule has 1 aromatic heterocycles. The van der Waals surface area contributed by atoms with Gasteiger partial charge in [-0.25, -0.2) is 0 Å². The smallest absolute Gasteiger partial charge is 0.253 e. The number of anilines is 1. The first kappa shape index (κ1) is 18.6. The normalized spacial score (nSPS) is 10.7. The number of ether oxygens (including phenoxy) is 2. The monoisotopic (exact) mass is 386 g/mol. The Labute approximate surface area is 168 Å². The Morgan fingerprint density at radius 1 is 0.862 bits per heavy atom. The van der Waals surface area contributed by atoms with Crippen LogP contribution >= 0.6 is 0 Å². The minimum absolute atomic E-state index is 0.130. The van der Waals surface area contributed by atoms with Gasteiger partial charge in [0.2, 0.25) is 0 Å². The first-order valence-corrected chi connectivity index (χ1v) is 9.36. The van der Waals surface area contributed by atoms with Crippen LogP contribution < -0.4 is 20.3 Å². The largest absolute Gasteiger partial charge is 0.493 e. The van der Waals surface area contributed by atoms with Crippen LogP contribution in [-0.2, 0) is 6.54 Å². The number of aromatic amines is 1. The maximum Gasteiger partial charge on any atom is 0.253 e. The molecule has 0 saturated carbocycles. The van der Waals surface area contributed by atoms with Crippen molar-refractivity contribution in [1.29, 1.82) is 0 Å².